The Kier molecular flexibility index (Phi) is 5.48. The Labute approximate surface area is 124 Å². The minimum atomic E-state index is -3.69. The van der Waals surface area contributed by atoms with Gasteiger partial charge in [0.1, 0.15) is 11.4 Å². The van der Waals surface area contributed by atoms with Gasteiger partial charge in [0.25, 0.3) is 0 Å². The van der Waals surface area contributed by atoms with E-state index in [9.17, 15) is 13.2 Å². The molecule has 21 heavy (non-hydrogen) atoms. The van der Waals surface area contributed by atoms with Crippen LogP contribution in [0.2, 0.25) is 0 Å². The Hall–Kier alpha value is -1.45. The Balaban J connectivity index is 2.73. The second-order valence-electron chi connectivity index (χ2n) is 5.99. The first-order chi connectivity index (χ1) is 9.52. The van der Waals surface area contributed by atoms with Crippen LogP contribution in [0.3, 0.4) is 0 Å². The summed E-state index contributed by atoms with van der Waals surface area (Å²) in [7, 11) is 0.157. The van der Waals surface area contributed by atoms with Crippen molar-refractivity contribution in [2.45, 2.75) is 25.3 Å². The van der Waals surface area contributed by atoms with Gasteiger partial charge in [0.15, 0.2) is 0 Å². The van der Waals surface area contributed by atoms with Gasteiger partial charge in [0, 0.05) is 19.3 Å². The first-order valence-corrected chi connectivity index (χ1v) is 7.89. The highest BCUT2D eigenvalue weighted by Crippen LogP contribution is 2.16. The Morgan fingerprint density at radius 3 is 2.62 bits per heavy atom. The van der Waals surface area contributed by atoms with Crippen molar-refractivity contribution in [1.82, 2.24) is 19.4 Å². The predicted molar refractivity (Wildman–Crippen MR) is 77.4 cm³/mol. The number of rotatable bonds is 8. The summed E-state index contributed by atoms with van der Waals surface area (Å²) in [4.78, 5) is 12.5. The van der Waals surface area contributed by atoms with Crippen LogP contribution in [-0.2, 0) is 21.4 Å². The largest absolute Gasteiger partial charge is 0.480 e. The van der Waals surface area contributed by atoms with Gasteiger partial charge >= 0.3 is 5.97 Å². The molecule has 0 unspecified atom stereocenters. The van der Waals surface area contributed by atoms with Crippen LogP contribution in [0.1, 0.15) is 13.8 Å². The number of hydrogen-bond donors (Lipinski definition) is 2. The van der Waals surface area contributed by atoms with E-state index in [4.69, 9.17) is 5.11 Å². The summed E-state index contributed by atoms with van der Waals surface area (Å²) in [5.74, 6) is -1.08. The van der Waals surface area contributed by atoms with E-state index in [0.29, 0.717) is 0 Å². The molecule has 0 fully saturated rings. The first kappa shape index (κ1) is 17.6. The van der Waals surface area contributed by atoms with E-state index in [1.165, 1.54) is 6.20 Å². The smallest absolute Gasteiger partial charge is 0.325 e. The number of carbonyl (C=O) groups is 1. The second-order valence-corrected chi connectivity index (χ2v) is 7.76. The van der Waals surface area contributed by atoms with Crippen LogP contribution < -0.4 is 4.72 Å². The van der Waals surface area contributed by atoms with Crippen molar-refractivity contribution in [3.05, 3.63) is 12.4 Å². The van der Waals surface area contributed by atoms with E-state index in [0.717, 1.165) is 17.4 Å². The molecule has 9 heteroatoms. The Bertz CT molecular complexity index is 592. The molecule has 0 saturated heterocycles. The highest BCUT2D eigenvalue weighted by atomic mass is 32.2. The zero-order valence-electron chi connectivity index (χ0n) is 12.7. The Morgan fingerprint density at radius 2 is 2.10 bits per heavy atom. The third-order valence-electron chi connectivity index (χ3n) is 2.70. The van der Waals surface area contributed by atoms with Crippen LogP contribution in [0.5, 0.6) is 0 Å². The lowest BCUT2D eigenvalue weighted by atomic mass is 9.93. The lowest BCUT2D eigenvalue weighted by Crippen LogP contribution is -2.39. The maximum Gasteiger partial charge on any atom is 0.325 e. The van der Waals surface area contributed by atoms with E-state index in [1.807, 2.05) is 32.8 Å². The zero-order valence-corrected chi connectivity index (χ0v) is 13.5. The second kappa shape index (κ2) is 6.54. The molecule has 0 aliphatic carbocycles. The molecule has 2 N–H and O–H groups in total. The van der Waals surface area contributed by atoms with Crippen LogP contribution in [0, 0.1) is 5.41 Å². The number of hydrogen-bond acceptors (Lipinski definition) is 5. The molecule has 0 radical (unpaired) electrons. The average molecular weight is 318 g/mol. The van der Waals surface area contributed by atoms with Crippen molar-refractivity contribution in [3.8, 4) is 0 Å². The molecule has 8 nitrogen and oxygen atoms in total. The van der Waals surface area contributed by atoms with Crippen molar-refractivity contribution >= 4 is 16.0 Å². The molecule has 1 rings (SSSR count). The number of aromatic nitrogens is 2. The highest BCUT2D eigenvalue weighted by molar-refractivity contribution is 7.89. The number of carboxylic acids is 1. The van der Waals surface area contributed by atoms with Crippen molar-refractivity contribution in [1.29, 1.82) is 0 Å². The molecule has 0 saturated carbocycles. The van der Waals surface area contributed by atoms with E-state index in [1.54, 1.807) is 0 Å². The summed E-state index contributed by atoms with van der Waals surface area (Å²) in [5.41, 5.74) is -0.229. The normalized spacial score (nSPS) is 12.8. The maximum absolute atomic E-state index is 12.1. The van der Waals surface area contributed by atoms with Crippen LogP contribution in [0.4, 0.5) is 0 Å². The summed E-state index contributed by atoms with van der Waals surface area (Å²) in [6, 6.07) is 0. The van der Waals surface area contributed by atoms with Gasteiger partial charge in [-0.1, -0.05) is 13.8 Å². The number of nitrogens with one attached hydrogen (secondary N) is 1. The minimum Gasteiger partial charge on any atom is -0.480 e. The molecule has 1 aromatic rings. The third kappa shape index (κ3) is 5.82. The summed E-state index contributed by atoms with van der Waals surface area (Å²) >= 11 is 0. The molecule has 0 bridgehead atoms. The van der Waals surface area contributed by atoms with Crippen molar-refractivity contribution in [2.75, 3.05) is 27.2 Å². The molecule has 0 spiro atoms. The number of sulfonamides is 1. The number of nitrogens with zero attached hydrogens (tertiary/aromatic N) is 3. The van der Waals surface area contributed by atoms with Gasteiger partial charge in [-0.05, 0) is 19.5 Å². The van der Waals surface area contributed by atoms with Crippen molar-refractivity contribution in [2.24, 2.45) is 5.41 Å². The molecule has 1 aromatic heterocycles. The average Bonchev–Trinajstić information content (AvgIpc) is 2.73. The van der Waals surface area contributed by atoms with Gasteiger partial charge in [0.05, 0.1) is 6.20 Å². The fourth-order valence-electron chi connectivity index (χ4n) is 1.99. The minimum absolute atomic E-state index is 0.0376. The van der Waals surface area contributed by atoms with Gasteiger partial charge in [0.2, 0.25) is 10.0 Å². The monoisotopic (exact) mass is 318 g/mol. The van der Waals surface area contributed by atoms with Gasteiger partial charge in [-0.25, -0.2) is 13.1 Å². The molecule has 1 heterocycles. The summed E-state index contributed by atoms with van der Waals surface area (Å²) in [6.45, 7) is 4.56. The number of aliphatic carboxylic acids is 1. The molecule has 120 valence electrons. The highest BCUT2D eigenvalue weighted by Gasteiger charge is 2.24. The lowest BCUT2D eigenvalue weighted by molar-refractivity contribution is -0.137. The molecular formula is C12H22N4O4S. The van der Waals surface area contributed by atoms with E-state index in [2.05, 4.69) is 9.82 Å². The predicted octanol–water partition coefficient (Wildman–Crippen LogP) is -0.166. The van der Waals surface area contributed by atoms with E-state index >= 15 is 0 Å². The Morgan fingerprint density at radius 1 is 1.48 bits per heavy atom. The third-order valence-corrected chi connectivity index (χ3v) is 4.06. The van der Waals surface area contributed by atoms with E-state index < -0.39 is 16.0 Å². The zero-order chi connectivity index (χ0) is 16.3. The standard InChI is InChI=1S/C12H22N4O4S/c1-12(2,9-15(3)4)8-14-21(19,20)10-5-13-16(6-10)7-11(17)18/h5-6,14H,7-9H2,1-4H3,(H,17,18). The SMILES string of the molecule is CN(C)CC(C)(C)CNS(=O)(=O)c1cnn(CC(=O)O)c1. The molecule has 0 aliphatic rings. The fourth-order valence-corrected chi connectivity index (χ4v) is 3.19. The molecule has 0 aromatic carbocycles. The van der Waals surface area contributed by atoms with Gasteiger partial charge in [-0.15, -0.1) is 0 Å². The first-order valence-electron chi connectivity index (χ1n) is 6.40. The van der Waals surface area contributed by atoms with Crippen LogP contribution in [-0.4, -0.2) is 61.4 Å². The van der Waals surface area contributed by atoms with Crippen LogP contribution in [0.25, 0.3) is 0 Å². The van der Waals surface area contributed by atoms with Crippen LogP contribution in [0.15, 0.2) is 17.3 Å². The fraction of sp³-hybridized carbons (Fsp3) is 0.667. The number of carboxylic acid groups (broad SMARTS) is 1. The van der Waals surface area contributed by atoms with Gasteiger partial charge in [-0.3, -0.25) is 9.48 Å². The summed E-state index contributed by atoms with van der Waals surface area (Å²) < 4.78 is 27.9. The quantitative estimate of drug-likeness (QED) is 0.690. The molecule has 0 amide bonds. The lowest BCUT2D eigenvalue weighted by Gasteiger charge is -2.28. The van der Waals surface area contributed by atoms with Gasteiger partial charge in [-0.2, -0.15) is 5.10 Å². The summed E-state index contributed by atoms with van der Waals surface area (Å²) in [5, 5.41) is 12.4. The maximum atomic E-state index is 12.1. The molecular weight excluding hydrogens is 296 g/mol. The topological polar surface area (TPSA) is 105 Å². The van der Waals surface area contributed by atoms with Gasteiger partial charge < -0.3 is 10.0 Å². The van der Waals surface area contributed by atoms with Crippen molar-refractivity contribution < 1.29 is 18.3 Å². The van der Waals surface area contributed by atoms with Crippen molar-refractivity contribution in [3.63, 3.8) is 0 Å². The summed E-state index contributed by atoms with van der Waals surface area (Å²) in [6.07, 6.45) is 2.35. The van der Waals surface area contributed by atoms with Crippen LogP contribution >= 0.6 is 0 Å². The molecule has 0 atom stereocenters. The van der Waals surface area contributed by atoms with E-state index in [-0.39, 0.29) is 23.4 Å². The molecule has 0 aliphatic heterocycles.